The van der Waals surface area contributed by atoms with Crippen LogP contribution in [0.5, 0.6) is 0 Å². The van der Waals surface area contributed by atoms with Gasteiger partial charge in [0.2, 0.25) is 17.7 Å². The smallest absolute Gasteiger partial charge is 0.290 e. The number of para-hydroxylation sites is 1. The van der Waals surface area contributed by atoms with E-state index in [4.69, 9.17) is 9.90 Å². The minimum atomic E-state index is -0.745. The zero-order chi connectivity index (χ0) is 29.1. The molecule has 5 atom stereocenters. The molecule has 0 spiro atoms. The standard InChI is InChI=1S/C30H35N5O3.CH2O2/c1-17(31-2)28(36)34-24-16-21-20-11-5-6-12-23(20)32-27(21)25-14-15-26(35(25)30(24)38)29(37)33-22-13-7-9-18-8-3-4-10-19(18)22;2-1-3/h3-6,8,10-12,17,22,24-26,31-32H,7,9,13-16H2,1-2H3,(H,33,37)(H,34,36);1H,(H,2,3)/t17-,22+,24-,25+,26?;/m0./s1. The van der Waals surface area contributed by atoms with Crippen LogP contribution in [-0.2, 0) is 32.0 Å². The number of H-pyrrole nitrogens is 1. The van der Waals surface area contributed by atoms with Crippen LogP contribution in [0.1, 0.15) is 67.1 Å². The number of carbonyl (C=O) groups is 4. The van der Waals surface area contributed by atoms with E-state index in [9.17, 15) is 14.4 Å². The van der Waals surface area contributed by atoms with Crippen molar-refractivity contribution in [2.45, 2.75) is 75.7 Å². The zero-order valence-electron chi connectivity index (χ0n) is 23.4. The number of hydrogen-bond acceptors (Lipinski definition) is 5. The van der Waals surface area contributed by atoms with E-state index in [1.807, 2.05) is 30.3 Å². The monoisotopic (exact) mass is 559 g/mol. The van der Waals surface area contributed by atoms with E-state index in [-0.39, 0.29) is 36.3 Å². The molecule has 1 fully saturated rings. The first-order valence-electron chi connectivity index (χ1n) is 14.2. The molecule has 0 bridgehead atoms. The highest BCUT2D eigenvalue weighted by atomic mass is 16.3. The van der Waals surface area contributed by atoms with Gasteiger partial charge in [-0.25, -0.2) is 0 Å². The Morgan fingerprint density at radius 2 is 1.78 bits per heavy atom. The number of amides is 3. The second-order valence-electron chi connectivity index (χ2n) is 11.0. The SMILES string of the molecule is CN[C@@H](C)C(=O)N[C@H]1Cc2c([nH]c3ccccc23)[C@H]2CCC(C(=O)N[C@@H]3CCCc4ccccc43)N2C1=O.O=CO. The number of likely N-dealkylation sites (N-methyl/N-ethyl adjacent to an activating group) is 1. The number of carboxylic acid groups (broad SMARTS) is 1. The molecule has 0 saturated carbocycles. The number of fused-ring (bicyclic) bond motifs is 6. The number of rotatable bonds is 5. The van der Waals surface area contributed by atoms with E-state index in [2.05, 4.69) is 39.1 Å². The summed E-state index contributed by atoms with van der Waals surface area (Å²) in [5, 5.41) is 17.2. The molecule has 3 heterocycles. The van der Waals surface area contributed by atoms with Crippen molar-refractivity contribution in [2.24, 2.45) is 0 Å². The first kappa shape index (κ1) is 28.4. The maximum absolute atomic E-state index is 14.1. The van der Waals surface area contributed by atoms with Crippen LogP contribution in [0.15, 0.2) is 48.5 Å². The van der Waals surface area contributed by atoms with Gasteiger partial charge < -0.3 is 30.9 Å². The van der Waals surface area contributed by atoms with Crippen LogP contribution in [0.25, 0.3) is 10.9 Å². The molecule has 10 nitrogen and oxygen atoms in total. The Morgan fingerprint density at radius 3 is 2.56 bits per heavy atom. The molecule has 1 aromatic heterocycles. The highest BCUT2D eigenvalue weighted by Crippen LogP contribution is 2.43. The molecule has 3 aliphatic rings. The van der Waals surface area contributed by atoms with E-state index in [0.29, 0.717) is 19.3 Å². The van der Waals surface area contributed by atoms with Crippen molar-refractivity contribution in [1.29, 1.82) is 0 Å². The lowest BCUT2D eigenvalue weighted by molar-refractivity contribution is -0.143. The minimum Gasteiger partial charge on any atom is -0.483 e. The number of nitrogens with zero attached hydrogens (tertiary/aromatic N) is 1. The van der Waals surface area contributed by atoms with Crippen LogP contribution in [0.4, 0.5) is 0 Å². The van der Waals surface area contributed by atoms with E-state index in [0.717, 1.165) is 41.4 Å². The largest absolute Gasteiger partial charge is 0.483 e. The summed E-state index contributed by atoms with van der Waals surface area (Å²) >= 11 is 0. The number of nitrogens with one attached hydrogen (secondary N) is 4. The van der Waals surface area contributed by atoms with Gasteiger partial charge in [0, 0.05) is 23.0 Å². The Kier molecular flexibility index (Phi) is 8.39. The van der Waals surface area contributed by atoms with E-state index in [1.54, 1.807) is 18.9 Å². The van der Waals surface area contributed by atoms with Crippen molar-refractivity contribution >= 4 is 35.1 Å². The van der Waals surface area contributed by atoms with Gasteiger partial charge in [-0.2, -0.15) is 0 Å². The molecule has 216 valence electrons. The molecule has 41 heavy (non-hydrogen) atoms. The van der Waals surface area contributed by atoms with Gasteiger partial charge in [0.15, 0.2) is 0 Å². The Bertz CT molecular complexity index is 1450. The third-order valence-corrected chi connectivity index (χ3v) is 8.66. The Labute approximate surface area is 238 Å². The van der Waals surface area contributed by atoms with Crippen LogP contribution < -0.4 is 16.0 Å². The molecule has 3 aromatic rings. The fourth-order valence-corrected chi connectivity index (χ4v) is 6.57. The number of hydrogen-bond donors (Lipinski definition) is 5. The first-order chi connectivity index (χ1) is 19.9. The predicted octanol–water partition coefficient (Wildman–Crippen LogP) is 2.74. The average Bonchev–Trinajstić information content (AvgIpc) is 3.56. The molecule has 1 saturated heterocycles. The van der Waals surface area contributed by atoms with E-state index < -0.39 is 18.1 Å². The molecule has 1 aliphatic carbocycles. The average molecular weight is 560 g/mol. The van der Waals surface area contributed by atoms with Crippen LogP contribution in [0.2, 0.25) is 0 Å². The maximum atomic E-state index is 14.1. The zero-order valence-corrected chi connectivity index (χ0v) is 23.4. The summed E-state index contributed by atoms with van der Waals surface area (Å²) in [6, 6.07) is 14.3. The topological polar surface area (TPSA) is 144 Å². The highest BCUT2D eigenvalue weighted by molar-refractivity contribution is 5.96. The Morgan fingerprint density at radius 1 is 1.05 bits per heavy atom. The maximum Gasteiger partial charge on any atom is 0.290 e. The number of carbonyl (C=O) groups excluding carboxylic acids is 3. The number of benzene rings is 2. The van der Waals surface area contributed by atoms with Gasteiger partial charge in [-0.15, -0.1) is 0 Å². The molecule has 10 heteroatoms. The summed E-state index contributed by atoms with van der Waals surface area (Å²) in [6.45, 7) is 1.52. The summed E-state index contributed by atoms with van der Waals surface area (Å²) in [5.41, 5.74) is 5.49. The van der Waals surface area contributed by atoms with Gasteiger partial charge >= 0.3 is 0 Å². The molecule has 2 aromatic carbocycles. The van der Waals surface area contributed by atoms with Crippen LogP contribution >= 0.6 is 0 Å². The molecule has 0 radical (unpaired) electrons. The van der Waals surface area contributed by atoms with Crippen molar-refractivity contribution in [3.8, 4) is 0 Å². The first-order valence-corrected chi connectivity index (χ1v) is 14.2. The predicted molar refractivity (Wildman–Crippen MR) is 154 cm³/mol. The van der Waals surface area contributed by atoms with Crippen molar-refractivity contribution < 1.29 is 24.3 Å². The summed E-state index contributed by atoms with van der Waals surface area (Å²) in [6.07, 6.45) is 4.59. The summed E-state index contributed by atoms with van der Waals surface area (Å²) in [5.74, 6) is -0.539. The third kappa shape index (κ3) is 5.44. The molecule has 3 amide bonds. The van der Waals surface area contributed by atoms with Crippen molar-refractivity contribution in [3.05, 3.63) is 70.9 Å². The lowest BCUT2D eigenvalue weighted by Gasteiger charge is -2.33. The van der Waals surface area contributed by atoms with Gasteiger partial charge in [-0.05, 0) is 68.8 Å². The van der Waals surface area contributed by atoms with Gasteiger partial charge in [-0.3, -0.25) is 19.2 Å². The van der Waals surface area contributed by atoms with Crippen LogP contribution in [0.3, 0.4) is 0 Å². The molecule has 5 N–H and O–H groups in total. The molecule has 1 unspecified atom stereocenters. The Hall–Kier alpha value is -4.18. The van der Waals surface area contributed by atoms with E-state index in [1.165, 1.54) is 11.1 Å². The molecular weight excluding hydrogens is 522 g/mol. The van der Waals surface area contributed by atoms with Crippen LogP contribution in [0, 0.1) is 0 Å². The van der Waals surface area contributed by atoms with Crippen molar-refractivity contribution in [2.75, 3.05) is 7.05 Å². The molecule has 2 aliphatic heterocycles. The number of aryl methyl sites for hydroxylation is 1. The Balaban J connectivity index is 0.00000108. The second kappa shape index (κ2) is 12.1. The molecular formula is C31H37N5O5. The normalized spacial score (nSPS) is 23.7. The van der Waals surface area contributed by atoms with Crippen molar-refractivity contribution in [3.63, 3.8) is 0 Å². The minimum absolute atomic E-state index is 0.0517. The lowest BCUT2D eigenvalue weighted by atomic mass is 9.87. The van der Waals surface area contributed by atoms with Crippen molar-refractivity contribution in [1.82, 2.24) is 25.8 Å². The van der Waals surface area contributed by atoms with Crippen LogP contribution in [-0.4, -0.2) is 64.4 Å². The van der Waals surface area contributed by atoms with Gasteiger partial charge in [0.05, 0.1) is 18.1 Å². The third-order valence-electron chi connectivity index (χ3n) is 8.66. The fraction of sp³-hybridized carbons (Fsp3) is 0.419. The number of aromatic nitrogens is 1. The second-order valence-corrected chi connectivity index (χ2v) is 11.0. The quantitative estimate of drug-likeness (QED) is 0.304. The lowest BCUT2D eigenvalue weighted by Crippen LogP contribution is -2.56. The summed E-state index contributed by atoms with van der Waals surface area (Å²) < 4.78 is 0. The van der Waals surface area contributed by atoms with Gasteiger partial charge in [-0.1, -0.05) is 42.5 Å². The highest BCUT2D eigenvalue weighted by Gasteiger charge is 2.48. The van der Waals surface area contributed by atoms with E-state index >= 15 is 0 Å². The molecule has 6 rings (SSSR count). The van der Waals surface area contributed by atoms with Gasteiger partial charge in [0.25, 0.3) is 6.47 Å². The van der Waals surface area contributed by atoms with Gasteiger partial charge in [0.1, 0.15) is 12.1 Å². The number of aromatic amines is 1. The fourth-order valence-electron chi connectivity index (χ4n) is 6.57. The summed E-state index contributed by atoms with van der Waals surface area (Å²) in [7, 11) is 1.72. The summed E-state index contributed by atoms with van der Waals surface area (Å²) in [4.78, 5) is 54.4.